The van der Waals surface area contributed by atoms with Gasteiger partial charge in [0.2, 0.25) is 0 Å². The molecule has 1 heterocycles. The molecular weight excluding hydrogens is 234 g/mol. The minimum atomic E-state index is 0.773. The van der Waals surface area contributed by atoms with Crippen molar-refractivity contribution in [2.24, 2.45) is 0 Å². The molecule has 3 nitrogen and oxygen atoms in total. The third kappa shape index (κ3) is 1.87. The normalized spacial score (nSPS) is 11.1. The number of para-hydroxylation sites is 2. The zero-order valence-electron chi connectivity index (χ0n) is 11.2. The molecule has 0 unspecified atom stereocenters. The zero-order chi connectivity index (χ0) is 13.4. The van der Waals surface area contributed by atoms with E-state index < -0.39 is 0 Å². The Hall–Kier alpha value is -2.29. The largest absolute Gasteiger partial charge is 0.399 e. The van der Waals surface area contributed by atoms with Crippen molar-refractivity contribution in [2.75, 3.05) is 5.73 Å². The van der Waals surface area contributed by atoms with Crippen molar-refractivity contribution in [3.05, 3.63) is 48.0 Å². The van der Waals surface area contributed by atoms with Crippen LogP contribution in [-0.2, 0) is 6.54 Å². The van der Waals surface area contributed by atoms with Crippen LogP contribution in [0.1, 0.15) is 12.5 Å². The number of aryl methyl sites for hydroxylation is 2. The Morgan fingerprint density at radius 1 is 1.16 bits per heavy atom. The first-order valence-corrected chi connectivity index (χ1v) is 6.52. The fourth-order valence-electron chi connectivity index (χ4n) is 2.48. The third-order valence-corrected chi connectivity index (χ3v) is 3.47. The van der Waals surface area contributed by atoms with E-state index in [1.165, 1.54) is 11.1 Å². The summed E-state index contributed by atoms with van der Waals surface area (Å²) in [6.45, 7) is 5.12. The van der Waals surface area contributed by atoms with Crippen molar-refractivity contribution in [3.8, 4) is 11.4 Å². The maximum atomic E-state index is 5.91. The highest BCUT2D eigenvalue weighted by Crippen LogP contribution is 2.28. The van der Waals surface area contributed by atoms with Gasteiger partial charge in [-0.05, 0) is 43.7 Å². The molecule has 0 aliphatic carbocycles. The Labute approximate surface area is 112 Å². The van der Waals surface area contributed by atoms with E-state index in [1.807, 2.05) is 36.4 Å². The molecule has 19 heavy (non-hydrogen) atoms. The summed E-state index contributed by atoms with van der Waals surface area (Å²) in [7, 11) is 0. The van der Waals surface area contributed by atoms with E-state index in [0.717, 1.165) is 29.1 Å². The number of hydrogen-bond donors (Lipinski definition) is 1. The van der Waals surface area contributed by atoms with E-state index in [1.54, 1.807) is 0 Å². The molecule has 0 radical (unpaired) electrons. The predicted octanol–water partition coefficient (Wildman–Crippen LogP) is 3.61. The fraction of sp³-hybridized carbons (Fsp3) is 0.188. The van der Waals surface area contributed by atoms with Crippen LogP contribution in [0.2, 0.25) is 0 Å². The van der Waals surface area contributed by atoms with Gasteiger partial charge < -0.3 is 10.3 Å². The Bertz CT molecular complexity index is 741. The van der Waals surface area contributed by atoms with Crippen LogP contribution < -0.4 is 5.73 Å². The number of rotatable bonds is 2. The number of fused-ring (bicyclic) bond motifs is 1. The molecule has 0 aliphatic rings. The molecule has 0 bridgehead atoms. The van der Waals surface area contributed by atoms with Crippen molar-refractivity contribution in [2.45, 2.75) is 20.4 Å². The lowest BCUT2D eigenvalue weighted by molar-refractivity contribution is 0.796. The molecule has 3 rings (SSSR count). The van der Waals surface area contributed by atoms with Gasteiger partial charge in [-0.3, -0.25) is 0 Å². The second kappa shape index (κ2) is 4.43. The molecule has 0 saturated heterocycles. The van der Waals surface area contributed by atoms with Crippen molar-refractivity contribution >= 4 is 16.7 Å². The Morgan fingerprint density at radius 3 is 2.74 bits per heavy atom. The molecule has 0 aliphatic heterocycles. The molecule has 2 N–H and O–H groups in total. The smallest absolute Gasteiger partial charge is 0.141 e. The average Bonchev–Trinajstić information content (AvgIpc) is 2.79. The summed E-state index contributed by atoms with van der Waals surface area (Å²) in [6.07, 6.45) is 0. The summed E-state index contributed by atoms with van der Waals surface area (Å²) >= 11 is 0. The number of anilines is 1. The predicted molar refractivity (Wildman–Crippen MR) is 80.0 cm³/mol. The van der Waals surface area contributed by atoms with E-state index >= 15 is 0 Å². The number of nitrogen functional groups attached to an aromatic ring is 1. The molecule has 3 aromatic rings. The summed E-state index contributed by atoms with van der Waals surface area (Å²) < 4.78 is 2.23. The lowest BCUT2D eigenvalue weighted by Crippen LogP contribution is -1.99. The van der Waals surface area contributed by atoms with E-state index in [4.69, 9.17) is 10.7 Å². The highest BCUT2D eigenvalue weighted by molar-refractivity contribution is 5.81. The van der Waals surface area contributed by atoms with Crippen molar-refractivity contribution in [1.29, 1.82) is 0 Å². The molecule has 96 valence electrons. The summed E-state index contributed by atoms with van der Waals surface area (Å²) in [4.78, 5) is 4.76. The van der Waals surface area contributed by atoms with E-state index in [0.29, 0.717) is 0 Å². The van der Waals surface area contributed by atoms with Crippen LogP contribution >= 0.6 is 0 Å². The Balaban J connectivity index is 2.33. The second-order valence-electron chi connectivity index (χ2n) is 4.74. The summed E-state index contributed by atoms with van der Waals surface area (Å²) in [6, 6.07) is 14.2. The summed E-state index contributed by atoms with van der Waals surface area (Å²) in [5.74, 6) is 0.994. The van der Waals surface area contributed by atoms with Crippen molar-refractivity contribution < 1.29 is 0 Å². The van der Waals surface area contributed by atoms with Gasteiger partial charge in [-0.2, -0.15) is 0 Å². The number of nitrogens with two attached hydrogens (primary N) is 1. The van der Waals surface area contributed by atoms with Crippen molar-refractivity contribution in [1.82, 2.24) is 9.55 Å². The number of benzene rings is 2. The van der Waals surface area contributed by atoms with E-state index in [-0.39, 0.29) is 0 Å². The van der Waals surface area contributed by atoms with Gasteiger partial charge in [-0.25, -0.2) is 4.98 Å². The fourth-order valence-corrected chi connectivity index (χ4v) is 2.48. The van der Waals surface area contributed by atoms with Crippen molar-refractivity contribution in [3.63, 3.8) is 0 Å². The number of nitrogens with zero attached hydrogens (tertiary/aromatic N) is 2. The average molecular weight is 251 g/mol. The minimum Gasteiger partial charge on any atom is -0.399 e. The van der Waals surface area contributed by atoms with Crippen LogP contribution in [0.3, 0.4) is 0 Å². The summed E-state index contributed by atoms with van der Waals surface area (Å²) in [5.41, 5.74) is 11.2. The van der Waals surface area contributed by atoms with Gasteiger partial charge >= 0.3 is 0 Å². The highest BCUT2D eigenvalue weighted by Gasteiger charge is 2.13. The lowest BCUT2D eigenvalue weighted by atomic mass is 10.1. The van der Waals surface area contributed by atoms with E-state index in [9.17, 15) is 0 Å². The van der Waals surface area contributed by atoms with Crippen LogP contribution in [0.25, 0.3) is 22.4 Å². The van der Waals surface area contributed by atoms with Crippen LogP contribution in [0.4, 0.5) is 5.69 Å². The zero-order valence-corrected chi connectivity index (χ0v) is 11.2. The first kappa shape index (κ1) is 11.8. The van der Waals surface area contributed by atoms with Crippen LogP contribution in [0.5, 0.6) is 0 Å². The molecule has 0 fully saturated rings. The van der Waals surface area contributed by atoms with Gasteiger partial charge in [-0.15, -0.1) is 0 Å². The van der Waals surface area contributed by atoms with Gasteiger partial charge in [-0.1, -0.05) is 18.2 Å². The van der Waals surface area contributed by atoms with Gasteiger partial charge in [0.05, 0.1) is 11.0 Å². The highest BCUT2D eigenvalue weighted by atomic mass is 15.1. The number of imidazole rings is 1. The topological polar surface area (TPSA) is 43.8 Å². The van der Waals surface area contributed by atoms with E-state index in [2.05, 4.69) is 24.5 Å². The second-order valence-corrected chi connectivity index (χ2v) is 4.74. The molecule has 0 atom stereocenters. The molecule has 1 aromatic heterocycles. The van der Waals surface area contributed by atoms with Crippen LogP contribution in [0, 0.1) is 6.92 Å². The minimum absolute atomic E-state index is 0.773. The lowest BCUT2D eigenvalue weighted by Gasteiger charge is -2.09. The quantitative estimate of drug-likeness (QED) is 0.707. The maximum Gasteiger partial charge on any atom is 0.141 e. The van der Waals surface area contributed by atoms with Gasteiger partial charge in [0.25, 0.3) is 0 Å². The molecule has 3 heteroatoms. The SMILES string of the molecule is CCn1c(-c2cc(N)ccc2C)nc2ccccc21. The standard InChI is InChI=1S/C16H17N3/c1-3-19-15-7-5-4-6-14(15)18-16(19)13-10-12(17)9-8-11(13)2/h4-10H,3,17H2,1-2H3. The Morgan fingerprint density at radius 2 is 1.95 bits per heavy atom. The summed E-state index contributed by atoms with van der Waals surface area (Å²) in [5, 5.41) is 0. The molecular formula is C16H17N3. The molecule has 0 saturated carbocycles. The van der Waals surface area contributed by atoms with Crippen LogP contribution in [0.15, 0.2) is 42.5 Å². The first-order chi connectivity index (χ1) is 9.20. The molecule has 0 amide bonds. The number of hydrogen-bond acceptors (Lipinski definition) is 2. The third-order valence-electron chi connectivity index (χ3n) is 3.47. The van der Waals surface area contributed by atoms with Gasteiger partial charge in [0, 0.05) is 17.8 Å². The van der Waals surface area contributed by atoms with Gasteiger partial charge in [0.15, 0.2) is 0 Å². The first-order valence-electron chi connectivity index (χ1n) is 6.52. The van der Waals surface area contributed by atoms with Crippen LogP contribution in [-0.4, -0.2) is 9.55 Å². The monoisotopic (exact) mass is 251 g/mol. The maximum absolute atomic E-state index is 5.91. The van der Waals surface area contributed by atoms with Gasteiger partial charge in [0.1, 0.15) is 5.82 Å². The molecule has 2 aromatic carbocycles. The molecule has 0 spiro atoms. The number of aromatic nitrogens is 2. The Kier molecular flexibility index (Phi) is 2.75.